The van der Waals surface area contributed by atoms with Crippen molar-refractivity contribution in [1.82, 2.24) is 16.0 Å². The number of carbonyl (C=O) groups is 6. The summed E-state index contributed by atoms with van der Waals surface area (Å²) in [5.74, 6) is -5.83. The van der Waals surface area contributed by atoms with Crippen molar-refractivity contribution in [2.75, 3.05) is 6.54 Å². The van der Waals surface area contributed by atoms with Crippen molar-refractivity contribution in [1.29, 1.82) is 0 Å². The van der Waals surface area contributed by atoms with E-state index >= 15 is 0 Å². The van der Waals surface area contributed by atoms with Gasteiger partial charge in [-0.25, -0.2) is 4.79 Å². The van der Waals surface area contributed by atoms with E-state index in [0.717, 1.165) is 0 Å². The smallest absolute Gasteiger partial charge is 0.326 e. The van der Waals surface area contributed by atoms with Crippen LogP contribution in [0.25, 0.3) is 0 Å². The van der Waals surface area contributed by atoms with Crippen LogP contribution in [0.1, 0.15) is 65.2 Å². The van der Waals surface area contributed by atoms with E-state index in [1.54, 1.807) is 13.8 Å². The van der Waals surface area contributed by atoms with Crippen molar-refractivity contribution < 1.29 is 39.0 Å². The first-order chi connectivity index (χ1) is 16.8. The van der Waals surface area contributed by atoms with E-state index < -0.39 is 65.7 Å². The zero-order valence-electron chi connectivity index (χ0n) is 20.8. The van der Waals surface area contributed by atoms with Gasteiger partial charge in [-0.2, -0.15) is 0 Å². The molecule has 0 saturated carbocycles. The van der Waals surface area contributed by atoms with E-state index in [9.17, 15) is 33.9 Å². The Kier molecular flexibility index (Phi) is 15.7. The van der Waals surface area contributed by atoms with Gasteiger partial charge in [0.2, 0.25) is 23.6 Å². The van der Waals surface area contributed by atoms with Gasteiger partial charge in [-0.3, -0.25) is 24.0 Å². The fraction of sp³-hybridized carbons (Fsp3) is 0.727. The Balaban J connectivity index is 5.61. The molecule has 11 N–H and O–H groups in total. The van der Waals surface area contributed by atoms with E-state index in [-0.39, 0.29) is 32.1 Å². The largest absolute Gasteiger partial charge is 0.481 e. The minimum atomic E-state index is -1.30. The van der Waals surface area contributed by atoms with Crippen LogP contribution in [-0.2, 0) is 28.8 Å². The Bertz CT molecular complexity index is 778. The summed E-state index contributed by atoms with van der Waals surface area (Å²) < 4.78 is 0. The monoisotopic (exact) mass is 516 g/mol. The van der Waals surface area contributed by atoms with Crippen molar-refractivity contribution >= 4 is 35.6 Å². The van der Waals surface area contributed by atoms with Gasteiger partial charge < -0.3 is 43.4 Å². The number of nitrogens with two attached hydrogens (primary N) is 3. The maximum atomic E-state index is 13.0. The van der Waals surface area contributed by atoms with Crippen molar-refractivity contribution in [2.45, 2.75) is 89.4 Å². The Hall–Kier alpha value is -3.26. The Morgan fingerprint density at radius 3 is 1.86 bits per heavy atom. The second-order valence-corrected chi connectivity index (χ2v) is 8.66. The van der Waals surface area contributed by atoms with Crippen LogP contribution in [0, 0.1) is 5.92 Å². The molecule has 0 bridgehead atoms. The number of primary amides is 1. The summed E-state index contributed by atoms with van der Waals surface area (Å²) in [6.07, 6.45) is 0.675. The normalized spacial score (nSPS) is 15.0. The van der Waals surface area contributed by atoms with Crippen LogP contribution in [0.5, 0.6) is 0 Å². The summed E-state index contributed by atoms with van der Waals surface area (Å²) in [4.78, 5) is 71.9. The summed E-state index contributed by atoms with van der Waals surface area (Å²) in [6.45, 7) is 3.75. The van der Waals surface area contributed by atoms with Gasteiger partial charge in [0.25, 0.3) is 0 Å². The molecule has 36 heavy (non-hydrogen) atoms. The second-order valence-electron chi connectivity index (χ2n) is 8.66. The van der Waals surface area contributed by atoms with Crippen LogP contribution in [-0.4, -0.2) is 76.5 Å². The minimum Gasteiger partial charge on any atom is -0.481 e. The first-order valence-electron chi connectivity index (χ1n) is 11.9. The lowest BCUT2D eigenvalue weighted by atomic mass is 9.98. The molecule has 5 atom stereocenters. The molecule has 0 spiro atoms. The van der Waals surface area contributed by atoms with Gasteiger partial charge >= 0.3 is 11.9 Å². The van der Waals surface area contributed by atoms with E-state index in [0.29, 0.717) is 25.8 Å². The number of unbranched alkanes of at least 4 members (excludes halogenated alkanes) is 1. The molecule has 0 aromatic heterocycles. The third kappa shape index (κ3) is 13.0. The summed E-state index contributed by atoms with van der Waals surface area (Å²) in [5.41, 5.74) is 16.4. The quantitative estimate of drug-likeness (QED) is 0.0889. The zero-order chi connectivity index (χ0) is 27.8. The number of rotatable bonds is 19. The van der Waals surface area contributed by atoms with Crippen LogP contribution < -0.4 is 33.2 Å². The van der Waals surface area contributed by atoms with E-state index in [1.165, 1.54) is 0 Å². The molecule has 0 aliphatic carbocycles. The molecule has 0 aromatic rings. The van der Waals surface area contributed by atoms with Gasteiger partial charge in [0, 0.05) is 12.8 Å². The van der Waals surface area contributed by atoms with Gasteiger partial charge in [-0.05, 0) is 44.6 Å². The van der Waals surface area contributed by atoms with Crippen molar-refractivity contribution in [3.8, 4) is 0 Å². The molecule has 4 amide bonds. The number of aliphatic carboxylic acids is 2. The van der Waals surface area contributed by atoms with Crippen molar-refractivity contribution in [2.24, 2.45) is 23.1 Å². The summed E-state index contributed by atoms with van der Waals surface area (Å²) >= 11 is 0. The van der Waals surface area contributed by atoms with Gasteiger partial charge in [-0.1, -0.05) is 20.3 Å². The Morgan fingerprint density at radius 2 is 1.36 bits per heavy atom. The highest BCUT2D eigenvalue weighted by Crippen LogP contribution is 2.10. The van der Waals surface area contributed by atoms with Gasteiger partial charge in [0.1, 0.15) is 18.1 Å². The molecule has 206 valence electrons. The van der Waals surface area contributed by atoms with Gasteiger partial charge in [0.15, 0.2) is 0 Å². The molecule has 0 rings (SSSR count). The number of nitrogens with one attached hydrogen (secondary N) is 3. The number of hydrogen-bond acceptors (Lipinski definition) is 8. The van der Waals surface area contributed by atoms with E-state index in [4.69, 9.17) is 22.3 Å². The standard InChI is InChI=1S/C22H40N6O8/c1-3-12(2)18(22(35)36)28-21(34)15(8-9-16(25)29)27-20(33)14(6-4-5-11-23)26-19(32)13(24)7-10-17(30)31/h12-15,18H,3-11,23-24H2,1-2H3,(H2,25,29)(H,26,32)(H,27,33)(H,28,34)(H,30,31)(H,35,36). The number of hydrogen-bond donors (Lipinski definition) is 8. The second kappa shape index (κ2) is 17.2. The molecule has 0 aliphatic rings. The van der Waals surface area contributed by atoms with E-state index in [1.807, 2.05) is 0 Å². The van der Waals surface area contributed by atoms with Gasteiger partial charge in [0.05, 0.1) is 6.04 Å². The SMILES string of the molecule is CCC(C)C(NC(=O)C(CCC(N)=O)NC(=O)C(CCCCN)NC(=O)C(N)CCC(=O)O)C(=O)O. The van der Waals surface area contributed by atoms with Crippen LogP contribution in [0.4, 0.5) is 0 Å². The average molecular weight is 517 g/mol. The molecular formula is C22H40N6O8. The summed E-state index contributed by atoms with van der Waals surface area (Å²) in [6, 6.07) is -4.83. The molecule has 0 aliphatic heterocycles. The average Bonchev–Trinajstić information content (AvgIpc) is 2.81. The fourth-order valence-corrected chi connectivity index (χ4v) is 3.22. The highest BCUT2D eigenvalue weighted by Gasteiger charge is 2.32. The first-order valence-corrected chi connectivity index (χ1v) is 11.9. The maximum Gasteiger partial charge on any atom is 0.326 e. The van der Waals surface area contributed by atoms with Crippen molar-refractivity contribution in [3.05, 3.63) is 0 Å². The first kappa shape index (κ1) is 32.7. The van der Waals surface area contributed by atoms with Crippen LogP contribution in [0.15, 0.2) is 0 Å². The predicted molar refractivity (Wildman–Crippen MR) is 129 cm³/mol. The number of carboxylic acid groups (broad SMARTS) is 2. The lowest BCUT2D eigenvalue weighted by Crippen LogP contribution is -2.57. The fourth-order valence-electron chi connectivity index (χ4n) is 3.22. The van der Waals surface area contributed by atoms with Crippen LogP contribution in [0.3, 0.4) is 0 Å². The van der Waals surface area contributed by atoms with Gasteiger partial charge in [-0.15, -0.1) is 0 Å². The minimum absolute atomic E-state index is 0.145. The lowest BCUT2D eigenvalue weighted by Gasteiger charge is -2.26. The maximum absolute atomic E-state index is 13.0. The molecule has 0 radical (unpaired) electrons. The molecular weight excluding hydrogens is 476 g/mol. The molecule has 14 nitrogen and oxygen atoms in total. The number of carbonyl (C=O) groups excluding carboxylic acids is 4. The van der Waals surface area contributed by atoms with Crippen LogP contribution in [0.2, 0.25) is 0 Å². The number of amides is 4. The molecule has 0 heterocycles. The topological polar surface area (TPSA) is 257 Å². The predicted octanol–water partition coefficient (Wildman–Crippen LogP) is -1.84. The van der Waals surface area contributed by atoms with Crippen molar-refractivity contribution in [3.63, 3.8) is 0 Å². The third-order valence-corrected chi connectivity index (χ3v) is 5.68. The lowest BCUT2D eigenvalue weighted by molar-refractivity contribution is -0.144. The molecule has 14 heteroatoms. The van der Waals surface area contributed by atoms with Crippen LogP contribution >= 0.6 is 0 Å². The third-order valence-electron chi connectivity index (χ3n) is 5.68. The highest BCUT2D eigenvalue weighted by atomic mass is 16.4. The Morgan fingerprint density at radius 1 is 0.806 bits per heavy atom. The number of carboxylic acids is 2. The highest BCUT2D eigenvalue weighted by molar-refractivity contribution is 5.94. The molecule has 0 fully saturated rings. The molecule has 0 aromatic carbocycles. The molecule has 5 unspecified atom stereocenters. The summed E-state index contributed by atoms with van der Waals surface area (Å²) in [5, 5.41) is 25.6. The Labute approximate surface area is 210 Å². The van der Waals surface area contributed by atoms with E-state index in [2.05, 4.69) is 16.0 Å². The zero-order valence-corrected chi connectivity index (χ0v) is 20.8. The summed E-state index contributed by atoms with van der Waals surface area (Å²) in [7, 11) is 0. The molecule has 0 saturated heterocycles.